The number of fused-ring (bicyclic) bond motifs is 2. The number of benzene rings is 2. The molecule has 0 spiro atoms. The number of thioether (sulfide) groups is 1. The number of carbonyl (C=O) groups excluding carboxylic acids is 3. The van der Waals surface area contributed by atoms with Crippen LogP contribution >= 0.6 is 11.8 Å². The lowest BCUT2D eigenvalue weighted by molar-refractivity contribution is -0.145. The number of phenols is 1. The predicted molar refractivity (Wildman–Crippen MR) is 124 cm³/mol. The van der Waals surface area contributed by atoms with E-state index in [4.69, 9.17) is 5.73 Å². The zero-order valence-electron chi connectivity index (χ0n) is 18.0. The maximum Gasteiger partial charge on any atom is 0.336 e. The first kappa shape index (κ1) is 23.3. The number of carboxylic acids is 1. The molecule has 4 atom stereocenters. The van der Waals surface area contributed by atoms with Crippen molar-refractivity contribution >= 4 is 35.5 Å². The molecule has 2 heterocycles. The van der Waals surface area contributed by atoms with Gasteiger partial charge in [0.05, 0.1) is 5.57 Å². The molecule has 0 bridgehead atoms. The number of hydrogen-bond acceptors (Lipinski definition) is 7. The number of phenolic OH excluding ortho intramolecular Hbond substituents is 1. The number of carbonyl (C=O) groups is 4. The van der Waals surface area contributed by atoms with Crippen molar-refractivity contribution < 1.29 is 29.4 Å². The molecule has 3 amide bonds. The number of aromatic hydroxyl groups is 1. The van der Waals surface area contributed by atoms with Gasteiger partial charge in [0.25, 0.3) is 5.91 Å². The highest BCUT2D eigenvalue weighted by Crippen LogP contribution is 2.39. The lowest BCUT2D eigenvalue weighted by Crippen LogP contribution is -2.70. The van der Waals surface area contributed by atoms with E-state index in [9.17, 15) is 29.4 Å². The molecule has 11 heteroatoms. The van der Waals surface area contributed by atoms with Gasteiger partial charge in [0.1, 0.15) is 28.6 Å². The van der Waals surface area contributed by atoms with Gasteiger partial charge in [-0.2, -0.15) is 0 Å². The van der Waals surface area contributed by atoms with Gasteiger partial charge in [0, 0.05) is 13.1 Å². The van der Waals surface area contributed by atoms with E-state index in [1.165, 1.54) is 53.4 Å². The smallest absolute Gasteiger partial charge is 0.336 e. The average Bonchev–Trinajstić information content (AvgIpc) is 3.40. The number of aliphatic carboxylic acids is 1. The lowest BCUT2D eigenvalue weighted by atomic mass is 10.0. The highest BCUT2D eigenvalue weighted by molar-refractivity contribution is 8.00. The van der Waals surface area contributed by atoms with Gasteiger partial charge in [-0.05, 0) is 34.9 Å². The number of nitrogens with two attached hydrogens (primary N) is 1. The number of nitrogens with zero attached hydrogens (tertiary/aromatic N) is 1. The topological polar surface area (TPSA) is 162 Å². The molecule has 0 saturated carbocycles. The monoisotopic (exact) mass is 482 g/mol. The van der Waals surface area contributed by atoms with Crippen molar-refractivity contribution in [2.45, 2.75) is 29.8 Å². The molecular weight excluding hydrogens is 460 g/mol. The van der Waals surface area contributed by atoms with Crippen LogP contribution in [0.5, 0.6) is 5.75 Å². The molecule has 0 aromatic heterocycles. The average molecular weight is 483 g/mol. The molecule has 2 aliphatic heterocycles. The predicted octanol–water partition coefficient (Wildman–Crippen LogP) is 0.890. The molecule has 4 aliphatic rings. The SMILES string of the molecule is CC(=O)NC1S[C@@H]2C(NC(=O)C(N)c3ccc(O)cc3)C(=O)N2C=C1C(=O)O.c1cc2cc-2c1. The van der Waals surface area contributed by atoms with E-state index >= 15 is 0 Å². The summed E-state index contributed by atoms with van der Waals surface area (Å²) in [7, 11) is 0. The van der Waals surface area contributed by atoms with E-state index in [0.717, 1.165) is 11.8 Å². The zero-order valence-corrected chi connectivity index (χ0v) is 18.8. The number of rotatable bonds is 5. The highest BCUT2D eigenvalue weighted by atomic mass is 32.2. The quantitative estimate of drug-likeness (QED) is 0.335. The van der Waals surface area contributed by atoms with Crippen LogP contribution in [-0.4, -0.2) is 55.6 Å². The fourth-order valence-electron chi connectivity index (χ4n) is 3.55. The summed E-state index contributed by atoms with van der Waals surface area (Å²) in [5, 5.41) is 22.3. The van der Waals surface area contributed by atoms with Crippen LogP contribution in [0.15, 0.2) is 60.3 Å². The van der Waals surface area contributed by atoms with Gasteiger partial charge in [-0.3, -0.25) is 14.4 Å². The minimum Gasteiger partial charge on any atom is -0.508 e. The van der Waals surface area contributed by atoms with E-state index in [1.807, 2.05) is 0 Å². The summed E-state index contributed by atoms with van der Waals surface area (Å²) in [6.45, 7) is 1.26. The van der Waals surface area contributed by atoms with Crippen molar-refractivity contribution in [3.05, 3.63) is 65.9 Å². The van der Waals surface area contributed by atoms with Crippen molar-refractivity contribution in [1.29, 1.82) is 0 Å². The molecule has 34 heavy (non-hydrogen) atoms. The first-order chi connectivity index (χ1) is 16.2. The first-order valence-electron chi connectivity index (χ1n) is 10.3. The molecule has 176 valence electrons. The molecular formula is C23H22N4O6S. The summed E-state index contributed by atoms with van der Waals surface area (Å²) in [4.78, 5) is 48.7. The van der Waals surface area contributed by atoms with Gasteiger partial charge in [-0.1, -0.05) is 30.3 Å². The fourth-order valence-corrected chi connectivity index (χ4v) is 5.00. The summed E-state index contributed by atoms with van der Waals surface area (Å²) in [6.07, 6.45) is 1.18. The summed E-state index contributed by atoms with van der Waals surface area (Å²) < 4.78 is 0. The van der Waals surface area contributed by atoms with Crippen LogP contribution < -0.4 is 16.4 Å². The number of carboxylic acid groups (broad SMARTS) is 1. The van der Waals surface area contributed by atoms with Crippen molar-refractivity contribution in [3.63, 3.8) is 0 Å². The maximum absolute atomic E-state index is 12.4. The normalized spacial score (nSPS) is 22.1. The van der Waals surface area contributed by atoms with E-state index in [1.54, 1.807) is 0 Å². The number of β-lactam (4-membered cyclic amide) rings is 1. The molecule has 6 N–H and O–H groups in total. The van der Waals surface area contributed by atoms with Gasteiger partial charge in [0.2, 0.25) is 11.8 Å². The Bertz CT molecular complexity index is 1180. The molecule has 1 saturated heterocycles. The molecule has 1 aromatic rings. The summed E-state index contributed by atoms with van der Waals surface area (Å²) in [6, 6.07) is 12.3. The largest absolute Gasteiger partial charge is 0.508 e. The molecule has 1 fully saturated rings. The van der Waals surface area contributed by atoms with Gasteiger partial charge >= 0.3 is 5.97 Å². The Morgan fingerprint density at radius 3 is 2.24 bits per heavy atom. The van der Waals surface area contributed by atoms with Crippen LogP contribution in [0.3, 0.4) is 0 Å². The summed E-state index contributed by atoms with van der Waals surface area (Å²) >= 11 is 1.04. The van der Waals surface area contributed by atoms with Gasteiger partial charge in [-0.25, -0.2) is 4.79 Å². The number of hydrogen-bond donors (Lipinski definition) is 5. The maximum atomic E-state index is 12.4. The van der Waals surface area contributed by atoms with Gasteiger partial charge in [0.15, 0.2) is 0 Å². The summed E-state index contributed by atoms with van der Waals surface area (Å²) in [5.74, 6) is -2.69. The Balaban J connectivity index is 0.000000388. The second-order valence-corrected chi connectivity index (χ2v) is 9.11. The lowest BCUT2D eigenvalue weighted by Gasteiger charge is -2.49. The Kier molecular flexibility index (Phi) is 6.31. The Morgan fingerprint density at radius 2 is 1.74 bits per heavy atom. The van der Waals surface area contributed by atoms with E-state index < -0.39 is 46.5 Å². The zero-order chi connectivity index (χ0) is 24.6. The number of nitrogens with one attached hydrogen (secondary N) is 2. The highest BCUT2D eigenvalue weighted by Gasteiger charge is 2.52. The Morgan fingerprint density at radius 1 is 1.09 bits per heavy atom. The van der Waals surface area contributed by atoms with Crippen molar-refractivity contribution in [2.75, 3.05) is 0 Å². The third-order valence-corrected chi connectivity index (χ3v) is 6.86. The molecule has 10 nitrogen and oxygen atoms in total. The van der Waals surface area contributed by atoms with Crippen LogP contribution in [0.2, 0.25) is 0 Å². The molecule has 5 rings (SSSR count). The third kappa shape index (κ3) is 4.75. The second-order valence-electron chi connectivity index (χ2n) is 7.88. The van der Waals surface area contributed by atoms with Crippen molar-refractivity contribution in [1.82, 2.24) is 15.5 Å². The van der Waals surface area contributed by atoms with E-state index in [0.29, 0.717) is 5.56 Å². The molecule has 0 radical (unpaired) electrons. The van der Waals surface area contributed by atoms with Gasteiger partial charge in [-0.15, -0.1) is 11.8 Å². The number of amides is 3. The van der Waals surface area contributed by atoms with E-state index in [-0.39, 0.29) is 11.3 Å². The fraction of sp³-hybridized carbons (Fsp3) is 0.217. The van der Waals surface area contributed by atoms with E-state index in [2.05, 4.69) is 34.9 Å². The van der Waals surface area contributed by atoms with Crippen LogP contribution in [0.25, 0.3) is 11.1 Å². The van der Waals surface area contributed by atoms with Crippen LogP contribution in [0, 0.1) is 0 Å². The molecule has 2 aliphatic carbocycles. The minimum atomic E-state index is -1.25. The van der Waals surface area contributed by atoms with Crippen LogP contribution in [-0.2, 0) is 19.2 Å². The molecule has 1 aromatic carbocycles. The molecule has 3 unspecified atom stereocenters. The minimum absolute atomic E-state index is 0.0322. The second kappa shape index (κ2) is 9.20. The third-order valence-electron chi connectivity index (χ3n) is 5.44. The van der Waals surface area contributed by atoms with Gasteiger partial charge < -0.3 is 31.5 Å². The van der Waals surface area contributed by atoms with Crippen LogP contribution in [0.4, 0.5) is 0 Å². The van der Waals surface area contributed by atoms with Crippen molar-refractivity contribution in [3.8, 4) is 16.9 Å². The van der Waals surface area contributed by atoms with Crippen molar-refractivity contribution in [2.24, 2.45) is 5.73 Å². The first-order valence-corrected chi connectivity index (χ1v) is 11.2. The standard InChI is InChI=1S/C17H18N4O6S.C6H4/c1-7(22)19-14-10(17(26)27)6-21-15(25)12(16(21)28-14)20-13(24)11(18)8-2-4-9(23)5-3-8;1-2-5-4-6(5)3-1/h2-6,11-12,14,16,23H,18H2,1H3,(H,19,22)(H,20,24)(H,26,27);1-4H/t11?,12?,14?,16-;/m1./s1. The van der Waals surface area contributed by atoms with Crippen LogP contribution in [0.1, 0.15) is 18.5 Å². The Hall–Kier alpha value is -3.83. The summed E-state index contributed by atoms with van der Waals surface area (Å²) in [5.41, 5.74) is 9.09. The Labute approximate surface area is 198 Å².